The van der Waals surface area contributed by atoms with E-state index in [1.807, 2.05) is 0 Å². The first kappa shape index (κ1) is 23.2. The predicted molar refractivity (Wildman–Crippen MR) is 105 cm³/mol. The molecule has 1 rings (SSSR count). The van der Waals surface area contributed by atoms with Crippen molar-refractivity contribution in [3.8, 4) is 0 Å². The first-order chi connectivity index (χ1) is 13.0. The second kappa shape index (κ2) is 13.3. The van der Waals surface area contributed by atoms with E-state index in [-0.39, 0.29) is 11.6 Å². The number of ether oxygens (including phenoxy) is 1. The van der Waals surface area contributed by atoms with Gasteiger partial charge >= 0.3 is 5.97 Å². The van der Waals surface area contributed by atoms with Crippen LogP contribution in [0.1, 0.15) is 94.9 Å². The zero-order valence-electron chi connectivity index (χ0n) is 17.5. The lowest BCUT2D eigenvalue weighted by atomic mass is 10.1. The summed E-state index contributed by atoms with van der Waals surface area (Å²) < 4.78 is 9.99. The van der Waals surface area contributed by atoms with Gasteiger partial charge in [0.15, 0.2) is 5.69 Å². The number of carbonyl (C=O) groups excluding carboxylic acids is 2. The van der Waals surface area contributed by atoms with E-state index in [0.717, 1.165) is 19.3 Å². The summed E-state index contributed by atoms with van der Waals surface area (Å²) in [6, 6.07) is 0. The lowest BCUT2D eigenvalue weighted by molar-refractivity contribution is -0.132. The molecule has 0 bridgehead atoms. The Labute approximate surface area is 163 Å². The van der Waals surface area contributed by atoms with E-state index >= 15 is 0 Å². The van der Waals surface area contributed by atoms with Gasteiger partial charge in [-0.05, 0) is 18.8 Å². The van der Waals surface area contributed by atoms with E-state index < -0.39 is 5.97 Å². The van der Waals surface area contributed by atoms with Crippen LogP contribution >= 0.6 is 0 Å². The number of esters is 1. The van der Waals surface area contributed by atoms with Gasteiger partial charge in [0.05, 0.1) is 13.7 Å². The van der Waals surface area contributed by atoms with Gasteiger partial charge in [-0.2, -0.15) is 0 Å². The Hall–Kier alpha value is -1.85. The van der Waals surface area contributed by atoms with Crippen molar-refractivity contribution in [3.05, 3.63) is 17.8 Å². The molecule has 1 aromatic rings. The molecule has 0 aliphatic carbocycles. The van der Waals surface area contributed by atoms with E-state index in [4.69, 9.17) is 4.42 Å². The summed E-state index contributed by atoms with van der Waals surface area (Å²) in [5.74, 6) is 0.469. The third kappa shape index (κ3) is 9.59. The summed E-state index contributed by atoms with van der Waals surface area (Å²) in [5, 5.41) is 0. The van der Waals surface area contributed by atoms with Gasteiger partial charge in [0.1, 0.15) is 6.26 Å². The van der Waals surface area contributed by atoms with E-state index in [1.165, 1.54) is 45.5 Å². The molecule has 6 heteroatoms. The number of rotatable bonds is 14. The molecule has 0 radical (unpaired) electrons. The van der Waals surface area contributed by atoms with Gasteiger partial charge in [-0.3, -0.25) is 4.79 Å². The lowest BCUT2D eigenvalue weighted by Crippen LogP contribution is -2.32. The van der Waals surface area contributed by atoms with Gasteiger partial charge in [0, 0.05) is 13.0 Å². The van der Waals surface area contributed by atoms with Crippen LogP contribution in [-0.4, -0.2) is 35.4 Å². The number of carbonyl (C=O) groups is 2. The molecule has 0 saturated carbocycles. The minimum atomic E-state index is -0.534. The van der Waals surface area contributed by atoms with Gasteiger partial charge in [0.2, 0.25) is 11.8 Å². The van der Waals surface area contributed by atoms with Gasteiger partial charge < -0.3 is 14.1 Å². The van der Waals surface area contributed by atoms with Crippen LogP contribution in [0.3, 0.4) is 0 Å². The minimum absolute atomic E-state index is 0.127. The molecule has 0 aliphatic heterocycles. The summed E-state index contributed by atoms with van der Waals surface area (Å²) in [7, 11) is 1.30. The molecule has 1 amide bonds. The molecule has 0 fully saturated rings. The third-order valence-electron chi connectivity index (χ3n) is 4.60. The van der Waals surface area contributed by atoms with Crippen molar-refractivity contribution >= 4 is 11.9 Å². The Kier molecular flexibility index (Phi) is 11.5. The number of aromatic nitrogens is 1. The number of oxazole rings is 1. The number of unbranched alkanes of at least 4 members (excludes halogenated alkanes) is 6. The molecule has 0 unspecified atom stereocenters. The average Bonchev–Trinajstić information content (AvgIpc) is 3.12. The predicted octanol–water partition coefficient (Wildman–Crippen LogP) is 4.98. The lowest BCUT2D eigenvalue weighted by Gasteiger charge is -2.22. The second-order valence-corrected chi connectivity index (χ2v) is 7.49. The molecule has 27 heavy (non-hydrogen) atoms. The Morgan fingerprint density at radius 2 is 1.81 bits per heavy atom. The maximum Gasteiger partial charge on any atom is 0.360 e. The molecule has 0 N–H and O–H groups in total. The van der Waals surface area contributed by atoms with Crippen LogP contribution < -0.4 is 0 Å². The molecular weight excluding hydrogens is 344 g/mol. The van der Waals surface area contributed by atoms with Crippen LogP contribution in [0.2, 0.25) is 0 Å². The Bertz CT molecular complexity index is 554. The summed E-state index contributed by atoms with van der Waals surface area (Å²) in [4.78, 5) is 30.1. The van der Waals surface area contributed by atoms with Crippen molar-refractivity contribution in [2.75, 3.05) is 13.7 Å². The number of nitrogens with zero attached hydrogens (tertiary/aromatic N) is 2. The van der Waals surface area contributed by atoms with Crippen LogP contribution in [0, 0.1) is 5.92 Å². The van der Waals surface area contributed by atoms with Gasteiger partial charge in [-0.1, -0.05) is 59.3 Å². The number of methoxy groups -OCH3 is 1. The highest BCUT2D eigenvalue weighted by atomic mass is 16.5. The smallest absolute Gasteiger partial charge is 0.360 e. The van der Waals surface area contributed by atoms with Crippen LogP contribution in [0.15, 0.2) is 10.7 Å². The molecule has 1 heterocycles. The fourth-order valence-corrected chi connectivity index (χ4v) is 2.84. The maximum absolute atomic E-state index is 12.7. The van der Waals surface area contributed by atoms with Crippen LogP contribution in [0.5, 0.6) is 0 Å². The van der Waals surface area contributed by atoms with Crippen molar-refractivity contribution in [1.29, 1.82) is 0 Å². The topological polar surface area (TPSA) is 72.6 Å². The quantitative estimate of drug-likeness (QED) is 0.336. The molecule has 154 valence electrons. The Morgan fingerprint density at radius 3 is 2.44 bits per heavy atom. The maximum atomic E-state index is 12.7. The van der Waals surface area contributed by atoms with Gasteiger partial charge in [0.25, 0.3) is 0 Å². The summed E-state index contributed by atoms with van der Waals surface area (Å²) >= 11 is 0. The number of amides is 1. The van der Waals surface area contributed by atoms with E-state index in [9.17, 15) is 9.59 Å². The number of hydrogen-bond donors (Lipinski definition) is 0. The minimum Gasteiger partial charge on any atom is -0.464 e. The van der Waals surface area contributed by atoms with Crippen LogP contribution in [0.4, 0.5) is 0 Å². The van der Waals surface area contributed by atoms with Crippen molar-refractivity contribution in [3.63, 3.8) is 0 Å². The standard InChI is InChI=1S/C21H36N2O4/c1-5-6-7-8-9-10-11-12-20(24)23(14-13-17(2)3)15-19-22-18(16-27-19)21(25)26-4/h16-17H,5-15H2,1-4H3. The molecule has 6 nitrogen and oxygen atoms in total. The molecule has 1 aromatic heterocycles. The molecule has 0 aliphatic rings. The fraction of sp³-hybridized carbons (Fsp3) is 0.762. The van der Waals surface area contributed by atoms with Crippen LogP contribution in [-0.2, 0) is 16.1 Å². The first-order valence-electron chi connectivity index (χ1n) is 10.3. The van der Waals surface area contributed by atoms with E-state index in [1.54, 1.807) is 4.90 Å². The van der Waals surface area contributed by atoms with Crippen molar-refractivity contribution in [1.82, 2.24) is 9.88 Å². The zero-order valence-corrected chi connectivity index (χ0v) is 17.5. The van der Waals surface area contributed by atoms with Crippen molar-refractivity contribution < 1.29 is 18.7 Å². The van der Waals surface area contributed by atoms with Crippen LogP contribution in [0.25, 0.3) is 0 Å². The molecule has 0 saturated heterocycles. The fourth-order valence-electron chi connectivity index (χ4n) is 2.84. The SMILES string of the molecule is CCCCCCCCCC(=O)N(CCC(C)C)Cc1nc(C(=O)OC)co1. The summed E-state index contributed by atoms with van der Waals surface area (Å²) in [5.41, 5.74) is 0.135. The average molecular weight is 381 g/mol. The normalized spacial score (nSPS) is 11.0. The molecule has 0 spiro atoms. The van der Waals surface area contributed by atoms with Crippen molar-refractivity contribution in [2.45, 2.75) is 85.1 Å². The largest absolute Gasteiger partial charge is 0.464 e. The number of hydrogen-bond acceptors (Lipinski definition) is 5. The highest BCUT2D eigenvalue weighted by molar-refractivity contribution is 5.86. The third-order valence-corrected chi connectivity index (χ3v) is 4.60. The highest BCUT2D eigenvalue weighted by Crippen LogP contribution is 2.14. The Balaban J connectivity index is 2.50. The molecule has 0 atom stereocenters. The highest BCUT2D eigenvalue weighted by Gasteiger charge is 2.19. The van der Waals surface area contributed by atoms with E-state index in [2.05, 4.69) is 30.5 Å². The van der Waals surface area contributed by atoms with E-state index in [0.29, 0.717) is 31.3 Å². The molecular formula is C21H36N2O4. The zero-order chi connectivity index (χ0) is 20.1. The summed E-state index contributed by atoms with van der Waals surface area (Å²) in [6.07, 6.45) is 11.1. The monoisotopic (exact) mass is 380 g/mol. The first-order valence-corrected chi connectivity index (χ1v) is 10.3. The second-order valence-electron chi connectivity index (χ2n) is 7.49. The molecule has 0 aromatic carbocycles. The van der Waals surface area contributed by atoms with Crippen molar-refractivity contribution in [2.24, 2.45) is 5.92 Å². The summed E-state index contributed by atoms with van der Waals surface area (Å²) in [6.45, 7) is 7.45. The van der Waals surface area contributed by atoms with Gasteiger partial charge in [-0.25, -0.2) is 9.78 Å². The van der Waals surface area contributed by atoms with Gasteiger partial charge in [-0.15, -0.1) is 0 Å². The Morgan fingerprint density at radius 1 is 1.15 bits per heavy atom.